The standard InChI is InChI=1S/C19H17BrO4/c1-22-12-16(21)8-13-4-2-3-5-18(13)23-10-14-11-24-19-7-6-15(20)9-17(14)19/h2-7,9,11H,8,10,12H2,1H3. The SMILES string of the molecule is COCC(=O)Cc1ccccc1OCc1coc2ccc(Br)cc12. The van der Waals surface area contributed by atoms with Crippen LogP contribution in [0.4, 0.5) is 0 Å². The third kappa shape index (κ3) is 3.86. The maximum absolute atomic E-state index is 11.8. The van der Waals surface area contributed by atoms with Crippen molar-refractivity contribution in [3.63, 3.8) is 0 Å². The molecule has 0 saturated carbocycles. The number of carbonyl (C=O) groups excluding carboxylic acids is 1. The smallest absolute Gasteiger partial charge is 0.162 e. The molecule has 0 radical (unpaired) electrons. The molecule has 0 atom stereocenters. The first-order valence-corrected chi connectivity index (χ1v) is 8.33. The number of furan rings is 1. The maximum atomic E-state index is 11.8. The number of hydrogen-bond acceptors (Lipinski definition) is 4. The molecule has 124 valence electrons. The average molecular weight is 389 g/mol. The second kappa shape index (κ2) is 7.64. The minimum atomic E-state index is 0.0197. The Morgan fingerprint density at radius 1 is 1.17 bits per heavy atom. The Balaban J connectivity index is 1.76. The molecule has 0 aliphatic heterocycles. The van der Waals surface area contributed by atoms with Crippen LogP contribution < -0.4 is 4.74 Å². The highest BCUT2D eigenvalue weighted by Crippen LogP contribution is 2.27. The Labute approximate surface area is 148 Å². The molecule has 0 spiro atoms. The average Bonchev–Trinajstić information content (AvgIpc) is 2.96. The molecule has 0 aliphatic rings. The zero-order chi connectivity index (χ0) is 16.9. The Bertz CT molecular complexity index is 853. The molecule has 0 saturated heterocycles. The first-order chi connectivity index (χ1) is 11.7. The fourth-order valence-electron chi connectivity index (χ4n) is 2.54. The number of rotatable bonds is 7. The van der Waals surface area contributed by atoms with Gasteiger partial charge in [-0.3, -0.25) is 4.79 Å². The second-order valence-corrected chi connectivity index (χ2v) is 6.36. The number of carbonyl (C=O) groups is 1. The fraction of sp³-hybridized carbons (Fsp3) is 0.211. The Morgan fingerprint density at radius 3 is 2.83 bits per heavy atom. The summed E-state index contributed by atoms with van der Waals surface area (Å²) in [5, 5.41) is 1.01. The molecule has 4 nitrogen and oxygen atoms in total. The van der Waals surface area contributed by atoms with Crippen LogP contribution in [0.15, 0.2) is 57.6 Å². The van der Waals surface area contributed by atoms with E-state index in [0.29, 0.717) is 18.8 Å². The summed E-state index contributed by atoms with van der Waals surface area (Å²) >= 11 is 3.47. The molecule has 3 aromatic rings. The maximum Gasteiger partial charge on any atom is 0.162 e. The molecule has 5 heteroatoms. The summed E-state index contributed by atoms with van der Waals surface area (Å²) < 4.78 is 17.4. The number of Topliss-reactive ketones (excluding diaryl/α,β-unsaturated/α-hetero) is 1. The number of hydrogen-bond donors (Lipinski definition) is 0. The summed E-state index contributed by atoms with van der Waals surface area (Å²) in [6, 6.07) is 13.4. The van der Waals surface area contributed by atoms with E-state index in [0.717, 1.165) is 26.6 Å². The van der Waals surface area contributed by atoms with Crippen molar-refractivity contribution in [2.75, 3.05) is 13.7 Å². The zero-order valence-corrected chi connectivity index (χ0v) is 14.8. The highest BCUT2D eigenvalue weighted by Gasteiger charge is 2.11. The van der Waals surface area contributed by atoms with Crippen molar-refractivity contribution in [2.45, 2.75) is 13.0 Å². The van der Waals surface area contributed by atoms with Gasteiger partial charge in [0, 0.05) is 34.5 Å². The van der Waals surface area contributed by atoms with Crippen LogP contribution in [0.1, 0.15) is 11.1 Å². The van der Waals surface area contributed by atoms with Crippen molar-refractivity contribution < 1.29 is 18.7 Å². The van der Waals surface area contributed by atoms with E-state index in [4.69, 9.17) is 13.9 Å². The van der Waals surface area contributed by atoms with Crippen LogP contribution in [0.5, 0.6) is 5.75 Å². The minimum Gasteiger partial charge on any atom is -0.488 e. The summed E-state index contributed by atoms with van der Waals surface area (Å²) in [6.07, 6.45) is 2.00. The topological polar surface area (TPSA) is 48.7 Å². The van der Waals surface area contributed by atoms with Crippen molar-refractivity contribution in [3.8, 4) is 5.75 Å². The van der Waals surface area contributed by atoms with E-state index in [9.17, 15) is 4.79 Å². The number of halogens is 1. The molecule has 0 bridgehead atoms. The van der Waals surface area contributed by atoms with Gasteiger partial charge in [-0.25, -0.2) is 0 Å². The predicted molar refractivity (Wildman–Crippen MR) is 95.3 cm³/mol. The first kappa shape index (κ1) is 16.7. The van der Waals surface area contributed by atoms with Crippen molar-refractivity contribution in [1.82, 2.24) is 0 Å². The number of ether oxygens (including phenoxy) is 2. The van der Waals surface area contributed by atoms with E-state index >= 15 is 0 Å². The Hall–Kier alpha value is -2.11. The Morgan fingerprint density at radius 2 is 2.00 bits per heavy atom. The molecule has 3 rings (SSSR count). The number of fused-ring (bicyclic) bond motifs is 1. The molecule has 0 aliphatic carbocycles. The van der Waals surface area contributed by atoms with Crippen LogP contribution in [-0.2, 0) is 22.6 Å². The van der Waals surface area contributed by atoms with E-state index in [1.54, 1.807) is 6.26 Å². The molecule has 0 amide bonds. The Kier molecular flexibility index (Phi) is 5.33. The predicted octanol–water partition coefficient (Wildman–Crippen LogP) is 4.53. The normalized spacial score (nSPS) is 10.9. The van der Waals surface area contributed by atoms with Gasteiger partial charge < -0.3 is 13.9 Å². The third-order valence-corrected chi connectivity index (χ3v) is 4.16. The van der Waals surface area contributed by atoms with Gasteiger partial charge in [0.15, 0.2) is 5.78 Å². The summed E-state index contributed by atoms with van der Waals surface area (Å²) in [5.74, 6) is 0.720. The minimum absolute atomic E-state index is 0.0197. The molecular formula is C19H17BrO4. The lowest BCUT2D eigenvalue weighted by molar-refractivity contribution is -0.122. The zero-order valence-electron chi connectivity index (χ0n) is 13.3. The quantitative estimate of drug-likeness (QED) is 0.596. The van der Waals surface area contributed by atoms with Crippen LogP contribution in [0.25, 0.3) is 11.0 Å². The van der Waals surface area contributed by atoms with Gasteiger partial charge in [-0.2, -0.15) is 0 Å². The van der Waals surface area contributed by atoms with Gasteiger partial charge in [-0.15, -0.1) is 0 Å². The molecule has 0 fully saturated rings. The molecule has 1 aromatic heterocycles. The van der Waals surface area contributed by atoms with Gasteiger partial charge in [0.05, 0.1) is 6.26 Å². The molecule has 24 heavy (non-hydrogen) atoms. The van der Waals surface area contributed by atoms with Gasteiger partial charge in [-0.05, 0) is 24.3 Å². The van der Waals surface area contributed by atoms with Crippen molar-refractivity contribution in [1.29, 1.82) is 0 Å². The molecule has 0 N–H and O–H groups in total. The summed E-state index contributed by atoms with van der Waals surface area (Å²) in [7, 11) is 1.52. The van der Waals surface area contributed by atoms with E-state index < -0.39 is 0 Å². The van der Waals surface area contributed by atoms with Crippen LogP contribution >= 0.6 is 15.9 Å². The van der Waals surface area contributed by atoms with Crippen LogP contribution in [-0.4, -0.2) is 19.5 Å². The highest BCUT2D eigenvalue weighted by atomic mass is 79.9. The van der Waals surface area contributed by atoms with E-state index in [-0.39, 0.29) is 12.4 Å². The fourth-order valence-corrected chi connectivity index (χ4v) is 2.90. The van der Waals surface area contributed by atoms with Crippen LogP contribution in [0.2, 0.25) is 0 Å². The number of methoxy groups -OCH3 is 1. The van der Waals surface area contributed by atoms with E-state index in [1.807, 2.05) is 42.5 Å². The molecule has 1 heterocycles. The largest absolute Gasteiger partial charge is 0.488 e. The number of ketones is 1. The summed E-state index contributed by atoms with van der Waals surface area (Å²) in [5.41, 5.74) is 2.64. The van der Waals surface area contributed by atoms with Gasteiger partial charge >= 0.3 is 0 Å². The van der Waals surface area contributed by atoms with Gasteiger partial charge in [0.25, 0.3) is 0 Å². The van der Waals surface area contributed by atoms with E-state index in [2.05, 4.69) is 15.9 Å². The van der Waals surface area contributed by atoms with Gasteiger partial charge in [0.2, 0.25) is 0 Å². The van der Waals surface area contributed by atoms with Crippen molar-refractivity contribution in [3.05, 3.63) is 64.3 Å². The molecule has 0 unspecified atom stereocenters. The van der Waals surface area contributed by atoms with Crippen molar-refractivity contribution in [2.24, 2.45) is 0 Å². The van der Waals surface area contributed by atoms with Gasteiger partial charge in [0.1, 0.15) is 24.5 Å². The molecular weight excluding hydrogens is 372 g/mol. The van der Waals surface area contributed by atoms with E-state index in [1.165, 1.54) is 7.11 Å². The lowest BCUT2D eigenvalue weighted by atomic mass is 10.1. The van der Waals surface area contributed by atoms with Gasteiger partial charge in [-0.1, -0.05) is 34.1 Å². The lowest BCUT2D eigenvalue weighted by Crippen LogP contribution is -2.10. The van der Waals surface area contributed by atoms with Crippen LogP contribution in [0.3, 0.4) is 0 Å². The number of para-hydroxylation sites is 1. The lowest BCUT2D eigenvalue weighted by Gasteiger charge is -2.10. The monoisotopic (exact) mass is 388 g/mol. The van der Waals surface area contributed by atoms with Crippen LogP contribution in [0, 0.1) is 0 Å². The first-order valence-electron chi connectivity index (χ1n) is 7.54. The third-order valence-electron chi connectivity index (χ3n) is 3.66. The highest BCUT2D eigenvalue weighted by molar-refractivity contribution is 9.10. The number of benzene rings is 2. The van der Waals surface area contributed by atoms with Crippen molar-refractivity contribution >= 4 is 32.7 Å². The molecule has 2 aromatic carbocycles. The summed E-state index contributed by atoms with van der Waals surface area (Å²) in [4.78, 5) is 11.8. The second-order valence-electron chi connectivity index (χ2n) is 5.45. The summed E-state index contributed by atoms with van der Waals surface area (Å²) in [6.45, 7) is 0.480.